The van der Waals surface area contributed by atoms with Gasteiger partial charge in [0.1, 0.15) is 11.6 Å². The smallest absolute Gasteiger partial charge is 0.234 e. The van der Waals surface area contributed by atoms with Crippen molar-refractivity contribution < 1.29 is 18.3 Å². The van der Waals surface area contributed by atoms with E-state index in [4.69, 9.17) is 10.6 Å². The third-order valence-corrected chi connectivity index (χ3v) is 5.26. The third kappa shape index (κ3) is 5.04. The van der Waals surface area contributed by atoms with E-state index < -0.39 is 17.5 Å². The number of halogens is 3. The summed E-state index contributed by atoms with van der Waals surface area (Å²) in [6.45, 7) is 2.46. The van der Waals surface area contributed by atoms with Crippen LogP contribution >= 0.6 is 27.7 Å². The summed E-state index contributed by atoms with van der Waals surface area (Å²) < 4.78 is 33.7. The maximum Gasteiger partial charge on any atom is 0.234 e. The normalized spacial score (nSPS) is 10.8. The number of hydrogen-bond acceptors (Lipinski definition) is 6. The lowest BCUT2D eigenvalue weighted by molar-refractivity contribution is -0.113. The van der Waals surface area contributed by atoms with Gasteiger partial charge in [-0.25, -0.2) is 13.5 Å². The molecule has 1 amide bonds. The first kappa shape index (κ1) is 21.1. The summed E-state index contributed by atoms with van der Waals surface area (Å²) in [5, 5.41) is 10.7. The minimum absolute atomic E-state index is 0.0954. The van der Waals surface area contributed by atoms with Crippen LogP contribution in [0.1, 0.15) is 6.92 Å². The quantitative estimate of drug-likeness (QED) is 0.391. The summed E-state index contributed by atoms with van der Waals surface area (Å²) >= 11 is 4.05. The Labute approximate surface area is 177 Å². The second kappa shape index (κ2) is 9.23. The van der Waals surface area contributed by atoms with E-state index >= 15 is 0 Å². The van der Waals surface area contributed by atoms with Crippen molar-refractivity contribution in [1.82, 2.24) is 14.9 Å². The van der Waals surface area contributed by atoms with E-state index in [1.807, 2.05) is 6.92 Å². The monoisotopic (exact) mass is 483 g/mol. The van der Waals surface area contributed by atoms with Crippen molar-refractivity contribution in [3.63, 3.8) is 0 Å². The van der Waals surface area contributed by atoms with E-state index in [0.29, 0.717) is 23.7 Å². The number of ether oxygens (including phenoxy) is 1. The summed E-state index contributed by atoms with van der Waals surface area (Å²) in [5.74, 6) is 4.95. The van der Waals surface area contributed by atoms with Gasteiger partial charge in [-0.1, -0.05) is 11.8 Å². The minimum atomic E-state index is -0.880. The van der Waals surface area contributed by atoms with Crippen LogP contribution in [0.4, 0.5) is 14.5 Å². The fraction of sp³-hybridized carbons (Fsp3) is 0.167. The van der Waals surface area contributed by atoms with Gasteiger partial charge in [-0.3, -0.25) is 4.79 Å². The molecule has 152 valence electrons. The number of carbonyl (C=O) groups is 1. The van der Waals surface area contributed by atoms with Gasteiger partial charge in [-0.2, -0.15) is 0 Å². The molecule has 0 saturated heterocycles. The number of carbonyl (C=O) groups excluding carboxylic acids is 1. The zero-order valence-corrected chi connectivity index (χ0v) is 17.6. The van der Waals surface area contributed by atoms with E-state index in [-0.39, 0.29) is 15.9 Å². The molecule has 7 nitrogen and oxygen atoms in total. The van der Waals surface area contributed by atoms with Crippen LogP contribution in [0, 0.1) is 11.6 Å². The van der Waals surface area contributed by atoms with Gasteiger partial charge >= 0.3 is 0 Å². The molecule has 0 aliphatic heterocycles. The number of nitrogens with one attached hydrogen (secondary N) is 1. The van der Waals surface area contributed by atoms with Crippen LogP contribution in [0.25, 0.3) is 11.4 Å². The molecular weight excluding hydrogens is 468 g/mol. The Morgan fingerprint density at radius 3 is 2.66 bits per heavy atom. The van der Waals surface area contributed by atoms with Gasteiger partial charge in [-0.05, 0) is 53.2 Å². The van der Waals surface area contributed by atoms with Gasteiger partial charge in [0, 0.05) is 16.1 Å². The topological polar surface area (TPSA) is 95.1 Å². The van der Waals surface area contributed by atoms with Crippen molar-refractivity contribution in [3.05, 3.63) is 52.5 Å². The van der Waals surface area contributed by atoms with Crippen molar-refractivity contribution in [1.29, 1.82) is 0 Å². The van der Waals surface area contributed by atoms with Crippen LogP contribution in [-0.4, -0.2) is 33.1 Å². The Hall–Kier alpha value is -2.66. The third-order valence-electron chi connectivity index (χ3n) is 3.69. The molecule has 2 aromatic carbocycles. The van der Waals surface area contributed by atoms with Gasteiger partial charge < -0.3 is 15.9 Å². The molecule has 1 aromatic heterocycles. The number of amides is 1. The van der Waals surface area contributed by atoms with Crippen LogP contribution in [0.5, 0.6) is 5.75 Å². The van der Waals surface area contributed by atoms with Crippen LogP contribution in [0.2, 0.25) is 0 Å². The molecular formula is C18H16BrF2N5O2S. The number of benzene rings is 2. The molecule has 0 unspecified atom stereocenters. The predicted octanol–water partition coefficient (Wildman–Crippen LogP) is 3.83. The van der Waals surface area contributed by atoms with Crippen molar-refractivity contribution in [2.45, 2.75) is 12.1 Å². The van der Waals surface area contributed by atoms with Crippen LogP contribution in [0.3, 0.4) is 0 Å². The van der Waals surface area contributed by atoms with Crippen LogP contribution in [0.15, 0.2) is 46.0 Å². The summed E-state index contributed by atoms with van der Waals surface area (Å²) in [6, 6.07) is 8.94. The summed E-state index contributed by atoms with van der Waals surface area (Å²) in [6.07, 6.45) is 0. The highest BCUT2D eigenvalue weighted by molar-refractivity contribution is 9.10. The Balaban J connectivity index is 1.65. The first-order valence-corrected chi connectivity index (χ1v) is 10.2. The van der Waals surface area contributed by atoms with Gasteiger partial charge in [0.05, 0.1) is 18.0 Å². The summed E-state index contributed by atoms with van der Waals surface area (Å²) in [4.78, 5) is 12.1. The molecule has 0 radical (unpaired) electrons. The summed E-state index contributed by atoms with van der Waals surface area (Å²) in [7, 11) is 0. The highest BCUT2D eigenvalue weighted by Gasteiger charge is 2.16. The molecule has 3 aromatic rings. The second-order valence-electron chi connectivity index (χ2n) is 5.71. The highest BCUT2D eigenvalue weighted by Crippen LogP contribution is 2.28. The van der Waals surface area contributed by atoms with E-state index in [1.54, 1.807) is 24.3 Å². The molecule has 0 fully saturated rings. The zero-order valence-electron chi connectivity index (χ0n) is 15.2. The van der Waals surface area contributed by atoms with Crippen molar-refractivity contribution in [2.24, 2.45) is 0 Å². The first-order valence-electron chi connectivity index (χ1n) is 8.40. The fourth-order valence-corrected chi connectivity index (χ4v) is 3.57. The van der Waals surface area contributed by atoms with Gasteiger partial charge in [0.15, 0.2) is 11.6 Å². The van der Waals surface area contributed by atoms with Gasteiger partial charge in [0.25, 0.3) is 0 Å². The number of aromatic nitrogens is 3. The molecule has 3 rings (SSSR count). The SMILES string of the molecule is CCOc1ccc(-c2nnc(SCC(=O)Nc3c(F)cc(F)cc3Br)n2N)cc1. The maximum absolute atomic E-state index is 13.8. The summed E-state index contributed by atoms with van der Waals surface area (Å²) in [5.41, 5.74) is 0.596. The lowest BCUT2D eigenvalue weighted by atomic mass is 10.2. The largest absolute Gasteiger partial charge is 0.494 e. The highest BCUT2D eigenvalue weighted by atomic mass is 79.9. The molecule has 0 bridgehead atoms. The first-order chi connectivity index (χ1) is 13.9. The molecule has 11 heteroatoms. The molecule has 0 saturated carbocycles. The molecule has 0 aliphatic carbocycles. The number of thioether (sulfide) groups is 1. The Morgan fingerprint density at radius 1 is 1.28 bits per heavy atom. The lowest BCUT2D eigenvalue weighted by Crippen LogP contribution is -2.17. The van der Waals surface area contributed by atoms with E-state index in [1.165, 1.54) is 4.68 Å². The van der Waals surface area contributed by atoms with Gasteiger partial charge in [0.2, 0.25) is 11.1 Å². The molecule has 0 atom stereocenters. The fourth-order valence-electron chi connectivity index (χ4n) is 2.41. The number of hydrogen-bond donors (Lipinski definition) is 2. The molecule has 0 spiro atoms. The minimum Gasteiger partial charge on any atom is -0.494 e. The van der Waals surface area contributed by atoms with Crippen LogP contribution < -0.4 is 15.9 Å². The Morgan fingerprint density at radius 2 is 2.00 bits per heavy atom. The van der Waals surface area contributed by atoms with Crippen LogP contribution in [-0.2, 0) is 4.79 Å². The number of anilines is 1. The number of nitrogens with zero attached hydrogens (tertiary/aromatic N) is 3. The Bertz CT molecular complexity index is 1010. The van der Waals surface area contributed by atoms with Crippen molar-refractivity contribution in [2.75, 3.05) is 23.5 Å². The van der Waals surface area contributed by atoms with Crippen molar-refractivity contribution >= 4 is 39.3 Å². The van der Waals surface area contributed by atoms with E-state index in [0.717, 1.165) is 29.1 Å². The maximum atomic E-state index is 13.8. The van der Waals surface area contributed by atoms with Crippen molar-refractivity contribution in [3.8, 4) is 17.1 Å². The lowest BCUT2D eigenvalue weighted by Gasteiger charge is -2.09. The number of rotatable bonds is 7. The second-order valence-corrected chi connectivity index (χ2v) is 7.51. The van der Waals surface area contributed by atoms with Gasteiger partial charge in [-0.15, -0.1) is 10.2 Å². The standard InChI is InChI=1S/C18H16BrF2N5O2S/c1-2-28-12-5-3-10(4-6-12)17-24-25-18(26(17)22)29-9-15(27)23-16-13(19)7-11(20)8-14(16)21/h3-8H,2,9,22H2,1H3,(H,23,27). The zero-order chi connectivity index (χ0) is 21.0. The Kier molecular flexibility index (Phi) is 6.70. The average Bonchev–Trinajstić information content (AvgIpc) is 3.04. The average molecular weight is 484 g/mol. The predicted molar refractivity (Wildman–Crippen MR) is 110 cm³/mol. The number of nitrogen functional groups attached to an aromatic ring is 1. The molecule has 3 N–H and O–H groups in total. The molecule has 29 heavy (non-hydrogen) atoms. The number of nitrogens with two attached hydrogens (primary N) is 1. The molecule has 1 heterocycles. The van der Waals surface area contributed by atoms with E-state index in [9.17, 15) is 13.6 Å². The molecule has 0 aliphatic rings. The van der Waals surface area contributed by atoms with E-state index in [2.05, 4.69) is 31.4 Å².